The van der Waals surface area contributed by atoms with Crippen molar-refractivity contribution in [1.82, 2.24) is 4.90 Å². The maximum atomic E-state index is 13.9. The third-order valence-corrected chi connectivity index (χ3v) is 7.63. The summed E-state index contributed by atoms with van der Waals surface area (Å²) in [4.78, 5) is 41.9. The molecule has 8 heteroatoms. The van der Waals surface area contributed by atoms with E-state index >= 15 is 0 Å². The van der Waals surface area contributed by atoms with E-state index in [0.717, 1.165) is 35.1 Å². The van der Waals surface area contributed by atoms with Crippen molar-refractivity contribution in [2.24, 2.45) is 0 Å². The van der Waals surface area contributed by atoms with Gasteiger partial charge in [0.2, 0.25) is 0 Å². The van der Waals surface area contributed by atoms with Crippen molar-refractivity contribution in [1.29, 1.82) is 0 Å². The minimum atomic E-state index is -0.952. The summed E-state index contributed by atoms with van der Waals surface area (Å²) in [6.45, 7) is 0.521. The van der Waals surface area contributed by atoms with Crippen LogP contribution < -0.4 is 4.90 Å². The van der Waals surface area contributed by atoms with Crippen LogP contribution >= 0.6 is 23.2 Å². The quantitative estimate of drug-likeness (QED) is 0.193. The molecule has 38 heavy (non-hydrogen) atoms. The summed E-state index contributed by atoms with van der Waals surface area (Å²) in [5.74, 6) is -0.667. The van der Waals surface area contributed by atoms with E-state index in [0.29, 0.717) is 35.1 Å². The number of rotatable bonds is 6. The monoisotopic (exact) mass is 548 g/mol. The number of carbonyl (C=O) groups excluding carboxylic acids is 3. The highest BCUT2D eigenvalue weighted by Gasteiger charge is 2.58. The van der Waals surface area contributed by atoms with Crippen molar-refractivity contribution < 1.29 is 19.1 Å². The smallest absolute Gasteiger partial charge is 0.332 e. The number of hydrogen-bond acceptors (Lipinski definition) is 4. The van der Waals surface area contributed by atoms with Crippen LogP contribution in [0.5, 0.6) is 0 Å². The first-order chi connectivity index (χ1) is 18.3. The van der Waals surface area contributed by atoms with E-state index < -0.39 is 11.5 Å². The predicted octanol–water partition coefficient (Wildman–Crippen LogP) is 6.78. The average molecular weight is 549 g/mol. The summed E-state index contributed by atoms with van der Waals surface area (Å²) >= 11 is 12.4. The highest BCUT2D eigenvalue weighted by atomic mass is 35.5. The normalized spacial score (nSPS) is 19.2. The first-order valence-electron chi connectivity index (χ1n) is 12.4. The Hall–Kier alpha value is -3.61. The molecule has 1 unspecified atom stereocenters. The van der Waals surface area contributed by atoms with Gasteiger partial charge in [-0.1, -0.05) is 71.7 Å². The summed E-state index contributed by atoms with van der Waals surface area (Å²) in [6.07, 6.45) is 5.83. The average Bonchev–Trinajstić information content (AvgIpc) is 3.13. The Balaban J connectivity index is 1.45. The van der Waals surface area contributed by atoms with Gasteiger partial charge in [0.1, 0.15) is 5.54 Å². The number of fused-ring (bicyclic) bond motifs is 1. The number of anilines is 1. The molecule has 3 aromatic carbocycles. The van der Waals surface area contributed by atoms with Crippen LogP contribution in [0.15, 0.2) is 72.8 Å². The highest BCUT2D eigenvalue weighted by molar-refractivity contribution is 6.35. The third-order valence-electron chi connectivity index (χ3n) is 7.19. The molecule has 0 aliphatic carbocycles. The second-order valence-corrected chi connectivity index (χ2v) is 10.4. The molecule has 3 amide bonds. The zero-order valence-corrected chi connectivity index (χ0v) is 22.3. The Morgan fingerprint density at radius 2 is 1.71 bits per heavy atom. The van der Waals surface area contributed by atoms with Gasteiger partial charge >= 0.3 is 12.0 Å². The number of imide groups is 1. The second-order valence-electron chi connectivity index (χ2n) is 9.51. The standard InChI is InChI=1S/C30H26Cl2N2O4/c1-38-27(35)13-12-21-6-2-3-7-26(21)22-10-8-20(9-11-22)19-30-14-4-5-15-33(30)29(37)34(28(30)36)25-17-23(31)16-24(32)18-25/h2-3,6-13,16-18H,4-5,14-15,19H2,1H3/b13-12+. The van der Waals surface area contributed by atoms with Gasteiger partial charge in [-0.25, -0.2) is 14.5 Å². The molecule has 1 atom stereocenters. The summed E-state index contributed by atoms with van der Waals surface area (Å²) < 4.78 is 4.71. The molecule has 5 rings (SSSR count). The summed E-state index contributed by atoms with van der Waals surface area (Å²) in [5.41, 5.74) is 3.21. The minimum Gasteiger partial charge on any atom is -0.466 e. The highest BCUT2D eigenvalue weighted by Crippen LogP contribution is 2.42. The van der Waals surface area contributed by atoms with Gasteiger partial charge < -0.3 is 9.64 Å². The molecule has 2 aliphatic heterocycles. The number of nitrogens with zero attached hydrogens (tertiary/aromatic N) is 2. The van der Waals surface area contributed by atoms with Gasteiger partial charge in [0.25, 0.3) is 5.91 Å². The largest absolute Gasteiger partial charge is 0.466 e. The fourth-order valence-electron chi connectivity index (χ4n) is 5.38. The van der Waals surface area contributed by atoms with E-state index in [4.69, 9.17) is 27.9 Å². The molecule has 2 heterocycles. The molecule has 0 aromatic heterocycles. The summed E-state index contributed by atoms with van der Waals surface area (Å²) in [7, 11) is 1.34. The van der Waals surface area contributed by atoms with Crippen molar-refractivity contribution in [2.45, 2.75) is 31.2 Å². The number of ether oxygens (including phenoxy) is 1. The van der Waals surface area contributed by atoms with Crippen LogP contribution in [0.4, 0.5) is 10.5 Å². The zero-order valence-electron chi connectivity index (χ0n) is 20.8. The lowest BCUT2D eigenvalue weighted by molar-refractivity contribution is -0.134. The fourth-order valence-corrected chi connectivity index (χ4v) is 5.89. The van der Waals surface area contributed by atoms with Crippen molar-refractivity contribution in [2.75, 3.05) is 18.6 Å². The molecule has 0 saturated carbocycles. The molecule has 3 aromatic rings. The number of esters is 1. The zero-order chi connectivity index (χ0) is 26.9. The lowest BCUT2D eigenvalue weighted by atomic mass is 9.81. The van der Waals surface area contributed by atoms with Crippen LogP contribution in [0, 0.1) is 0 Å². The van der Waals surface area contributed by atoms with Crippen LogP contribution in [0.2, 0.25) is 10.0 Å². The number of benzene rings is 3. The van der Waals surface area contributed by atoms with Gasteiger partial charge in [-0.05, 0) is 65.8 Å². The van der Waals surface area contributed by atoms with E-state index in [9.17, 15) is 14.4 Å². The van der Waals surface area contributed by atoms with Gasteiger partial charge in [-0.2, -0.15) is 0 Å². The molecule has 0 bridgehead atoms. The maximum Gasteiger partial charge on any atom is 0.332 e. The molecule has 0 N–H and O–H groups in total. The Kier molecular flexibility index (Phi) is 7.28. The van der Waals surface area contributed by atoms with Crippen LogP contribution in [-0.4, -0.2) is 42.0 Å². The Bertz CT molecular complexity index is 1420. The van der Waals surface area contributed by atoms with E-state index in [2.05, 4.69) is 0 Å². The molecule has 2 aliphatic rings. The summed E-state index contributed by atoms with van der Waals surface area (Å²) in [6, 6.07) is 20.2. The number of carbonyl (C=O) groups is 3. The number of methoxy groups -OCH3 is 1. The van der Waals surface area contributed by atoms with Gasteiger partial charge in [0.05, 0.1) is 12.8 Å². The number of halogens is 2. The van der Waals surface area contributed by atoms with Gasteiger partial charge in [0, 0.05) is 29.1 Å². The molecule has 2 fully saturated rings. The first-order valence-corrected chi connectivity index (χ1v) is 13.1. The SMILES string of the molecule is COC(=O)/C=C/c1ccccc1-c1ccc(CC23CCCCN2C(=O)N(c2cc(Cl)cc(Cl)c2)C3=O)cc1. The van der Waals surface area contributed by atoms with Crippen LogP contribution in [0.25, 0.3) is 17.2 Å². The van der Waals surface area contributed by atoms with Crippen LogP contribution in [0.3, 0.4) is 0 Å². The van der Waals surface area contributed by atoms with Crippen LogP contribution in [-0.2, 0) is 20.7 Å². The molecule has 6 nitrogen and oxygen atoms in total. The van der Waals surface area contributed by atoms with E-state index in [1.807, 2.05) is 48.5 Å². The first kappa shape index (κ1) is 26.0. The number of hydrogen-bond donors (Lipinski definition) is 0. The van der Waals surface area contributed by atoms with Crippen molar-refractivity contribution in [3.05, 3.63) is 94.0 Å². The number of urea groups is 1. The van der Waals surface area contributed by atoms with Crippen molar-refractivity contribution in [3.63, 3.8) is 0 Å². The number of piperidine rings is 1. The number of amides is 3. The molecular weight excluding hydrogens is 523 g/mol. The minimum absolute atomic E-state index is 0.247. The maximum absolute atomic E-state index is 13.9. The third kappa shape index (κ3) is 4.82. The van der Waals surface area contributed by atoms with E-state index in [1.165, 1.54) is 18.1 Å². The van der Waals surface area contributed by atoms with E-state index in [-0.39, 0.29) is 11.9 Å². The second kappa shape index (κ2) is 10.6. The van der Waals surface area contributed by atoms with Gasteiger partial charge in [-0.15, -0.1) is 0 Å². The molecular formula is C30H26Cl2N2O4. The van der Waals surface area contributed by atoms with Gasteiger partial charge in [0.15, 0.2) is 0 Å². The Morgan fingerprint density at radius 3 is 2.42 bits per heavy atom. The Labute approximate surface area is 231 Å². The predicted molar refractivity (Wildman–Crippen MR) is 149 cm³/mol. The summed E-state index contributed by atoms with van der Waals surface area (Å²) in [5, 5.41) is 0.730. The van der Waals surface area contributed by atoms with Gasteiger partial charge in [-0.3, -0.25) is 4.79 Å². The molecule has 2 saturated heterocycles. The molecule has 194 valence electrons. The van der Waals surface area contributed by atoms with E-state index in [1.54, 1.807) is 29.2 Å². The van der Waals surface area contributed by atoms with Crippen molar-refractivity contribution >= 4 is 52.9 Å². The molecule has 0 spiro atoms. The van der Waals surface area contributed by atoms with Crippen LogP contribution in [0.1, 0.15) is 30.4 Å². The fraction of sp³-hybridized carbons (Fsp3) is 0.233. The lowest BCUT2D eigenvalue weighted by Gasteiger charge is -2.39. The topological polar surface area (TPSA) is 66.9 Å². The lowest BCUT2D eigenvalue weighted by Crippen LogP contribution is -2.54. The Morgan fingerprint density at radius 1 is 1.00 bits per heavy atom. The molecule has 0 radical (unpaired) electrons. The van der Waals surface area contributed by atoms with Crippen molar-refractivity contribution in [3.8, 4) is 11.1 Å².